The summed E-state index contributed by atoms with van der Waals surface area (Å²) >= 11 is 0. The minimum Gasteiger partial charge on any atom is -0.312 e. The second kappa shape index (κ2) is 8.08. The van der Waals surface area contributed by atoms with Gasteiger partial charge in [0, 0.05) is 11.6 Å². The molecular weight excluding hydrogens is 196 g/mol. The van der Waals surface area contributed by atoms with Crippen LogP contribution in [0.25, 0.3) is 0 Å². The molecule has 0 heterocycles. The van der Waals surface area contributed by atoms with Crippen LogP contribution in [-0.2, 0) is 0 Å². The van der Waals surface area contributed by atoms with E-state index in [-0.39, 0.29) is 5.54 Å². The molecule has 1 atom stereocenters. The molecule has 0 saturated carbocycles. The first-order valence-corrected chi connectivity index (χ1v) is 6.89. The van der Waals surface area contributed by atoms with Crippen molar-refractivity contribution in [3.05, 3.63) is 0 Å². The first-order valence-electron chi connectivity index (χ1n) is 6.89. The number of hydrogen-bond donors (Lipinski definition) is 1. The summed E-state index contributed by atoms with van der Waals surface area (Å²) in [5, 5.41) is 3.56. The summed E-state index contributed by atoms with van der Waals surface area (Å²) in [5.41, 5.74) is 0.250. The van der Waals surface area contributed by atoms with Crippen LogP contribution in [0.3, 0.4) is 0 Å². The van der Waals surface area contributed by atoms with Crippen molar-refractivity contribution in [1.82, 2.24) is 10.2 Å². The van der Waals surface area contributed by atoms with Crippen molar-refractivity contribution >= 4 is 0 Å². The van der Waals surface area contributed by atoms with Crippen LogP contribution >= 0.6 is 0 Å². The van der Waals surface area contributed by atoms with Crippen LogP contribution in [0.15, 0.2) is 0 Å². The molecule has 1 N–H and O–H groups in total. The van der Waals surface area contributed by atoms with Gasteiger partial charge < -0.3 is 10.2 Å². The fraction of sp³-hybridized carbons (Fsp3) is 1.00. The second-order valence-corrected chi connectivity index (χ2v) is 5.80. The van der Waals surface area contributed by atoms with Crippen LogP contribution in [0.2, 0.25) is 0 Å². The molecule has 0 aliphatic carbocycles. The van der Waals surface area contributed by atoms with Gasteiger partial charge in [-0.1, -0.05) is 20.3 Å². The van der Waals surface area contributed by atoms with E-state index in [2.05, 4.69) is 51.8 Å². The Labute approximate surface area is 103 Å². The predicted octanol–water partition coefficient (Wildman–Crippen LogP) is 3.28. The fourth-order valence-corrected chi connectivity index (χ4v) is 1.89. The SMILES string of the molecule is CCCCN(CC)C(C)CCNC(C)(C)C. The Morgan fingerprint density at radius 1 is 1.19 bits per heavy atom. The maximum absolute atomic E-state index is 3.56. The summed E-state index contributed by atoms with van der Waals surface area (Å²) in [7, 11) is 0. The maximum Gasteiger partial charge on any atom is 0.00965 e. The Morgan fingerprint density at radius 2 is 1.81 bits per heavy atom. The highest BCUT2D eigenvalue weighted by Crippen LogP contribution is 2.06. The summed E-state index contributed by atoms with van der Waals surface area (Å²) in [6, 6.07) is 0.700. The zero-order chi connectivity index (χ0) is 12.6. The molecule has 16 heavy (non-hydrogen) atoms. The summed E-state index contributed by atoms with van der Waals surface area (Å²) in [4.78, 5) is 2.59. The molecule has 1 unspecified atom stereocenters. The number of rotatable bonds is 8. The van der Waals surface area contributed by atoms with Crippen LogP contribution in [0.1, 0.15) is 60.8 Å². The quantitative estimate of drug-likeness (QED) is 0.686. The molecule has 0 aromatic carbocycles. The topological polar surface area (TPSA) is 15.3 Å². The fourth-order valence-electron chi connectivity index (χ4n) is 1.89. The monoisotopic (exact) mass is 228 g/mol. The van der Waals surface area contributed by atoms with Crippen LogP contribution in [0.4, 0.5) is 0 Å². The third-order valence-corrected chi connectivity index (χ3v) is 3.05. The molecule has 0 spiro atoms. The number of unbranched alkanes of at least 4 members (excludes halogenated alkanes) is 1. The van der Waals surface area contributed by atoms with Crippen LogP contribution in [-0.4, -0.2) is 36.1 Å². The van der Waals surface area contributed by atoms with Crippen molar-refractivity contribution in [3.63, 3.8) is 0 Å². The Hall–Kier alpha value is -0.0800. The Balaban J connectivity index is 3.79. The number of nitrogens with one attached hydrogen (secondary N) is 1. The van der Waals surface area contributed by atoms with Crippen LogP contribution in [0.5, 0.6) is 0 Å². The lowest BCUT2D eigenvalue weighted by molar-refractivity contribution is 0.202. The van der Waals surface area contributed by atoms with E-state index in [1.807, 2.05) is 0 Å². The lowest BCUT2D eigenvalue weighted by Crippen LogP contribution is -2.40. The molecule has 0 rings (SSSR count). The average molecular weight is 228 g/mol. The standard InChI is InChI=1S/C14H32N2/c1-7-9-12-16(8-2)13(3)10-11-15-14(4,5)6/h13,15H,7-12H2,1-6H3. The van der Waals surface area contributed by atoms with Gasteiger partial charge in [0.2, 0.25) is 0 Å². The minimum absolute atomic E-state index is 0.250. The molecule has 0 aliphatic rings. The van der Waals surface area contributed by atoms with Gasteiger partial charge in [0.15, 0.2) is 0 Å². The maximum atomic E-state index is 3.56. The molecule has 0 aromatic rings. The summed E-state index contributed by atoms with van der Waals surface area (Å²) in [6.45, 7) is 17.1. The van der Waals surface area contributed by atoms with Gasteiger partial charge in [0.25, 0.3) is 0 Å². The third-order valence-electron chi connectivity index (χ3n) is 3.05. The molecular formula is C14H32N2. The molecule has 0 amide bonds. The molecule has 0 saturated heterocycles. The first kappa shape index (κ1) is 15.9. The van der Waals surface area contributed by atoms with E-state index >= 15 is 0 Å². The highest BCUT2D eigenvalue weighted by molar-refractivity contribution is 4.73. The van der Waals surface area contributed by atoms with Crippen LogP contribution < -0.4 is 5.32 Å². The molecule has 2 heteroatoms. The summed E-state index contributed by atoms with van der Waals surface area (Å²) in [5.74, 6) is 0. The smallest absolute Gasteiger partial charge is 0.00965 e. The largest absolute Gasteiger partial charge is 0.312 e. The average Bonchev–Trinajstić information content (AvgIpc) is 2.17. The van der Waals surface area contributed by atoms with Crippen molar-refractivity contribution < 1.29 is 0 Å². The van der Waals surface area contributed by atoms with Crippen molar-refractivity contribution in [2.45, 2.75) is 72.4 Å². The van der Waals surface area contributed by atoms with Gasteiger partial charge in [-0.3, -0.25) is 0 Å². The molecule has 2 nitrogen and oxygen atoms in total. The van der Waals surface area contributed by atoms with Gasteiger partial charge in [-0.15, -0.1) is 0 Å². The molecule has 0 aromatic heterocycles. The van der Waals surface area contributed by atoms with E-state index in [1.54, 1.807) is 0 Å². The molecule has 0 radical (unpaired) electrons. The van der Waals surface area contributed by atoms with Crippen molar-refractivity contribution in [3.8, 4) is 0 Å². The molecule has 0 bridgehead atoms. The lowest BCUT2D eigenvalue weighted by atomic mass is 10.1. The van der Waals surface area contributed by atoms with Crippen molar-refractivity contribution in [2.75, 3.05) is 19.6 Å². The van der Waals surface area contributed by atoms with Crippen LogP contribution in [0, 0.1) is 0 Å². The normalized spacial score (nSPS) is 14.4. The Morgan fingerprint density at radius 3 is 2.25 bits per heavy atom. The first-order chi connectivity index (χ1) is 7.40. The van der Waals surface area contributed by atoms with E-state index < -0.39 is 0 Å². The zero-order valence-electron chi connectivity index (χ0n) is 12.3. The van der Waals surface area contributed by atoms with E-state index in [0.29, 0.717) is 6.04 Å². The third kappa shape index (κ3) is 8.12. The van der Waals surface area contributed by atoms with E-state index in [9.17, 15) is 0 Å². The predicted molar refractivity (Wildman–Crippen MR) is 74.0 cm³/mol. The van der Waals surface area contributed by atoms with Gasteiger partial charge >= 0.3 is 0 Å². The Kier molecular flexibility index (Phi) is 8.04. The van der Waals surface area contributed by atoms with Crippen molar-refractivity contribution in [1.29, 1.82) is 0 Å². The molecule has 0 aliphatic heterocycles. The van der Waals surface area contributed by atoms with E-state index in [4.69, 9.17) is 0 Å². The van der Waals surface area contributed by atoms with Gasteiger partial charge in [0.05, 0.1) is 0 Å². The van der Waals surface area contributed by atoms with Gasteiger partial charge in [-0.2, -0.15) is 0 Å². The number of nitrogens with zero attached hydrogens (tertiary/aromatic N) is 1. The zero-order valence-corrected chi connectivity index (χ0v) is 12.3. The number of hydrogen-bond acceptors (Lipinski definition) is 2. The van der Waals surface area contributed by atoms with Gasteiger partial charge in [0.1, 0.15) is 0 Å². The van der Waals surface area contributed by atoms with E-state index in [0.717, 1.165) is 6.54 Å². The van der Waals surface area contributed by atoms with Crippen molar-refractivity contribution in [2.24, 2.45) is 0 Å². The van der Waals surface area contributed by atoms with E-state index in [1.165, 1.54) is 32.4 Å². The second-order valence-electron chi connectivity index (χ2n) is 5.80. The van der Waals surface area contributed by atoms with Gasteiger partial charge in [-0.25, -0.2) is 0 Å². The summed E-state index contributed by atoms with van der Waals surface area (Å²) < 4.78 is 0. The molecule has 0 fully saturated rings. The highest BCUT2D eigenvalue weighted by Gasteiger charge is 2.13. The molecule has 98 valence electrons. The minimum atomic E-state index is 0.250. The van der Waals surface area contributed by atoms with Gasteiger partial charge in [-0.05, 0) is 60.2 Å². The Bertz CT molecular complexity index is 161. The highest BCUT2D eigenvalue weighted by atomic mass is 15.1. The lowest BCUT2D eigenvalue weighted by Gasteiger charge is -2.29. The summed E-state index contributed by atoms with van der Waals surface area (Å²) in [6.07, 6.45) is 3.86.